The highest BCUT2D eigenvalue weighted by molar-refractivity contribution is 5.95. The number of amides is 1. The minimum Gasteiger partial charge on any atom is -0.485 e. The van der Waals surface area contributed by atoms with Gasteiger partial charge >= 0.3 is 5.97 Å². The molecule has 0 aliphatic heterocycles. The SMILES string of the molecule is Cc1nc2c(OCc3c(F)cccc3F)cccn2c1C(=O)NCc1cc(C(=O)O)no1. The number of hydrogen-bond donors (Lipinski definition) is 2. The van der Waals surface area contributed by atoms with E-state index in [9.17, 15) is 18.4 Å². The molecule has 0 bridgehead atoms. The minimum absolute atomic E-state index is 0.0888. The van der Waals surface area contributed by atoms with Crippen molar-refractivity contribution in [1.29, 1.82) is 0 Å². The van der Waals surface area contributed by atoms with Crippen LogP contribution in [0.1, 0.15) is 38.0 Å². The van der Waals surface area contributed by atoms with Gasteiger partial charge in [0, 0.05) is 12.3 Å². The van der Waals surface area contributed by atoms with E-state index in [1.807, 2.05) is 0 Å². The lowest BCUT2D eigenvalue weighted by atomic mass is 10.2. The molecule has 11 heteroatoms. The lowest BCUT2D eigenvalue weighted by Gasteiger charge is -2.09. The molecule has 0 saturated heterocycles. The number of carboxylic acid groups (broad SMARTS) is 1. The van der Waals surface area contributed by atoms with Crippen LogP contribution in [0.4, 0.5) is 8.78 Å². The summed E-state index contributed by atoms with van der Waals surface area (Å²) in [4.78, 5) is 28.0. The van der Waals surface area contributed by atoms with E-state index in [-0.39, 0.29) is 41.6 Å². The second kappa shape index (κ2) is 8.46. The Morgan fingerprint density at radius 1 is 1.22 bits per heavy atom. The Labute approximate surface area is 179 Å². The topological polar surface area (TPSA) is 119 Å². The number of aryl methyl sites for hydroxylation is 1. The number of aromatic nitrogens is 3. The molecule has 0 fully saturated rings. The number of fused-ring (bicyclic) bond motifs is 1. The van der Waals surface area contributed by atoms with E-state index in [1.54, 1.807) is 25.3 Å². The van der Waals surface area contributed by atoms with E-state index in [0.29, 0.717) is 11.3 Å². The molecule has 0 spiro atoms. The monoisotopic (exact) mass is 442 g/mol. The van der Waals surface area contributed by atoms with Crippen LogP contribution in [-0.2, 0) is 13.2 Å². The normalized spacial score (nSPS) is 11.0. The van der Waals surface area contributed by atoms with Gasteiger partial charge in [0.25, 0.3) is 5.91 Å². The molecule has 4 rings (SSSR count). The molecule has 3 heterocycles. The summed E-state index contributed by atoms with van der Waals surface area (Å²) in [7, 11) is 0. The molecule has 0 atom stereocenters. The maximum absolute atomic E-state index is 13.9. The highest BCUT2D eigenvalue weighted by atomic mass is 19.1. The molecule has 0 saturated carbocycles. The summed E-state index contributed by atoms with van der Waals surface area (Å²) < 4.78 is 39.7. The minimum atomic E-state index is -1.24. The number of nitrogens with zero attached hydrogens (tertiary/aromatic N) is 3. The number of carboxylic acids is 1. The molecule has 164 valence electrons. The second-order valence-corrected chi connectivity index (χ2v) is 6.77. The third-order valence-electron chi connectivity index (χ3n) is 4.64. The summed E-state index contributed by atoms with van der Waals surface area (Å²) in [5, 5.41) is 14.9. The van der Waals surface area contributed by atoms with Crippen molar-refractivity contribution in [2.24, 2.45) is 0 Å². The van der Waals surface area contributed by atoms with Gasteiger partial charge in [0.2, 0.25) is 0 Å². The standard InChI is InChI=1S/C21H16F2N4O5/c1-11-18(20(28)24-9-12-8-16(21(29)30)26-32-12)27-7-3-6-17(19(27)25-11)31-10-13-14(22)4-2-5-15(13)23/h2-8H,9-10H2,1H3,(H,24,28)(H,29,30). The molecule has 0 aliphatic carbocycles. The number of ether oxygens (including phenoxy) is 1. The second-order valence-electron chi connectivity index (χ2n) is 6.77. The van der Waals surface area contributed by atoms with Crippen molar-refractivity contribution in [1.82, 2.24) is 19.9 Å². The number of nitrogens with one attached hydrogen (secondary N) is 1. The van der Waals surface area contributed by atoms with Crippen LogP contribution in [0.25, 0.3) is 5.65 Å². The largest absolute Gasteiger partial charge is 0.485 e. The number of carbonyl (C=O) groups excluding carboxylic acids is 1. The average molecular weight is 442 g/mol. The van der Waals surface area contributed by atoms with E-state index in [0.717, 1.165) is 12.1 Å². The summed E-state index contributed by atoms with van der Waals surface area (Å²) in [5.41, 5.74) is 0.400. The lowest BCUT2D eigenvalue weighted by Crippen LogP contribution is -2.24. The van der Waals surface area contributed by atoms with Crippen molar-refractivity contribution in [2.75, 3.05) is 0 Å². The van der Waals surface area contributed by atoms with Crippen LogP contribution in [-0.4, -0.2) is 31.5 Å². The van der Waals surface area contributed by atoms with Crippen molar-refractivity contribution in [3.8, 4) is 5.75 Å². The first kappa shape index (κ1) is 21.0. The molecule has 3 aromatic heterocycles. The fraction of sp³-hybridized carbons (Fsp3) is 0.143. The quantitative estimate of drug-likeness (QED) is 0.451. The number of benzene rings is 1. The molecule has 2 N–H and O–H groups in total. The number of carbonyl (C=O) groups is 2. The summed E-state index contributed by atoms with van der Waals surface area (Å²) >= 11 is 0. The van der Waals surface area contributed by atoms with Gasteiger partial charge in [-0.2, -0.15) is 0 Å². The van der Waals surface area contributed by atoms with Gasteiger partial charge < -0.3 is 19.7 Å². The van der Waals surface area contributed by atoms with Gasteiger partial charge in [-0.3, -0.25) is 9.20 Å². The van der Waals surface area contributed by atoms with Crippen LogP contribution in [0.3, 0.4) is 0 Å². The van der Waals surface area contributed by atoms with Crippen LogP contribution in [0, 0.1) is 18.6 Å². The van der Waals surface area contributed by atoms with Gasteiger partial charge in [-0.15, -0.1) is 0 Å². The van der Waals surface area contributed by atoms with Gasteiger partial charge in [0.05, 0.1) is 17.8 Å². The predicted molar refractivity (Wildman–Crippen MR) is 105 cm³/mol. The van der Waals surface area contributed by atoms with Crippen LogP contribution >= 0.6 is 0 Å². The van der Waals surface area contributed by atoms with Crippen LogP contribution < -0.4 is 10.1 Å². The van der Waals surface area contributed by atoms with Gasteiger partial charge in [0.1, 0.15) is 23.9 Å². The molecule has 1 amide bonds. The summed E-state index contributed by atoms with van der Waals surface area (Å²) in [6, 6.07) is 7.92. The van der Waals surface area contributed by atoms with Gasteiger partial charge in [-0.1, -0.05) is 11.2 Å². The van der Waals surface area contributed by atoms with Gasteiger partial charge in [0.15, 0.2) is 22.9 Å². The lowest BCUT2D eigenvalue weighted by molar-refractivity contribution is 0.0685. The Bertz CT molecular complexity index is 1310. The number of halogens is 2. The van der Waals surface area contributed by atoms with E-state index in [1.165, 1.54) is 16.5 Å². The maximum atomic E-state index is 13.9. The fourth-order valence-corrected chi connectivity index (χ4v) is 3.11. The molecule has 0 radical (unpaired) electrons. The molecule has 9 nitrogen and oxygen atoms in total. The molecular formula is C21H16F2N4O5. The Hall–Kier alpha value is -4.28. The number of hydrogen-bond acceptors (Lipinski definition) is 6. The zero-order valence-electron chi connectivity index (χ0n) is 16.6. The van der Waals surface area contributed by atoms with Gasteiger partial charge in [-0.25, -0.2) is 18.6 Å². The predicted octanol–water partition coefficient (Wildman–Crippen LogP) is 3.12. The van der Waals surface area contributed by atoms with Crippen LogP contribution in [0.15, 0.2) is 47.1 Å². The summed E-state index contributed by atoms with van der Waals surface area (Å²) in [6.45, 7) is 1.18. The van der Waals surface area contributed by atoms with Gasteiger partial charge in [-0.05, 0) is 31.2 Å². The van der Waals surface area contributed by atoms with E-state index in [2.05, 4.69) is 15.5 Å². The van der Waals surface area contributed by atoms with Crippen molar-refractivity contribution < 1.29 is 32.7 Å². The number of aromatic carboxylic acids is 1. The summed E-state index contributed by atoms with van der Waals surface area (Å²) in [6.07, 6.45) is 1.60. The Balaban J connectivity index is 1.55. The van der Waals surface area contributed by atoms with Crippen molar-refractivity contribution in [3.05, 3.63) is 82.6 Å². The zero-order chi connectivity index (χ0) is 22.8. The Morgan fingerprint density at radius 3 is 2.66 bits per heavy atom. The van der Waals surface area contributed by atoms with E-state index in [4.69, 9.17) is 14.4 Å². The smallest absolute Gasteiger partial charge is 0.358 e. The first-order chi connectivity index (χ1) is 15.3. The van der Waals surface area contributed by atoms with Crippen LogP contribution in [0.5, 0.6) is 5.75 Å². The molecule has 4 aromatic rings. The molecule has 32 heavy (non-hydrogen) atoms. The van der Waals surface area contributed by atoms with E-state index >= 15 is 0 Å². The van der Waals surface area contributed by atoms with E-state index < -0.39 is 23.5 Å². The summed E-state index contributed by atoms with van der Waals surface area (Å²) in [5.74, 6) is -2.80. The highest BCUT2D eigenvalue weighted by Gasteiger charge is 2.20. The third-order valence-corrected chi connectivity index (χ3v) is 4.64. The third kappa shape index (κ3) is 4.00. The van der Waals surface area contributed by atoms with Crippen LogP contribution in [0.2, 0.25) is 0 Å². The van der Waals surface area contributed by atoms with Crippen molar-refractivity contribution in [2.45, 2.75) is 20.1 Å². The van der Waals surface area contributed by atoms with Crippen molar-refractivity contribution >= 4 is 17.5 Å². The number of pyridine rings is 1. The highest BCUT2D eigenvalue weighted by Crippen LogP contribution is 2.24. The Morgan fingerprint density at radius 2 is 1.97 bits per heavy atom. The zero-order valence-corrected chi connectivity index (χ0v) is 16.6. The maximum Gasteiger partial charge on any atom is 0.358 e. The van der Waals surface area contributed by atoms with Crippen molar-refractivity contribution in [3.63, 3.8) is 0 Å². The number of imidazole rings is 1. The Kier molecular flexibility index (Phi) is 5.54. The average Bonchev–Trinajstić information content (AvgIpc) is 3.36. The molecule has 1 aromatic carbocycles. The number of rotatable bonds is 7. The molecular weight excluding hydrogens is 426 g/mol. The molecule has 0 aliphatic rings. The fourth-order valence-electron chi connectivity index (χ4n) is 3.11. The first-order valence-electron chi connectivity index (χ1n) is 9.35. The first-order valence-corrected chi connectivity index (χ1v) is 9.35. The molecule has 0 unspecified atom stereocenters.